The summed E-state index contributed by atoms with van der Waals surface area (Å²) >= 11 is 5.72. The third-order valence-corrected chi connectivity index (χ3v) is 3.77. The number of hydrogen-bond acceptors (Lipinski definition) is 5. The molecule has 0 radical (unpaired) electrons. The Morgan fingerprint density at radius 1 is 1.52 bits per heavy atom. The van der Waals surface area contributed by atoms with Gasteiger partial charge in [-0.2, -0.15) is 0 Å². The van der Waals surface area contributed by atoms with Crippen molar-refractivity contribution in [1.82, 2.24) is 0 Å². The van der Waals surface area contributed by atoms with Crippen LogP contribution >= 0.6 is 11.6 Å². The van der Waals surface area contributed by atoms with Gasteiger partial charge in [0.05, 0.1) is 18.2 Å². The molecule has 7 heteroatoms. The molecule has 0 aromatic heterocycles. The van der Waals surface area contributed by atoms with E-state index >= 15 is 0 Å². The summed E-state index contributed by atoms with van der Waals surface area (Å²) in [4.78, 5) is 11.5. The number of aliphatic hydroxyl groups is 1. The van der Waals surface area contributed by atoms with Gasteiger partial charge in [-0.25, -0.2) is 4.39 Å². The number of rotatable bonds is 5. The Labute approximate surface area is 127 Å². The Hall–Kier alpha value is -1.21. The molecule has 1 saturated heterocycles. The quantitative estimate of drug-likeness (QED) is 0.814. The van der Waals surface area contributed by atoms with Gasteiger partial charge in [0, 0.05) is 24.7 Å². The van der Waals surface area contributed by atoms with Crippen LogP contribution in [0.4, 0.5) is 10.1 Å². The van der Waals surface area contributed by atoms with Gasteiger partial charge in [0.15, 0.2) is 17.7 Å². The standard InChI is InChI=1S/C14H17ClFNO4/c1-13(20-3-4-21-13)7-14(19,8-18)9-5-11(16)10(15)6-12(9)17-2/h5-6,8,17,19H,3-4,7H2,1-2H3. The van der Waals surface area contributed by atoms with Crippen molar-refractivity contribution in [3.05, 3.63) is 28.5 Å². The van der Waals surface area contributed by atoms with Crippen molar-refractivity contribution in [3.63, 3.8) is 0 Å². The van der Waals surface area contributed by atoms with Gasteiger partial charge >= 0.3 is 0 Å². The zero-order valence-corrected chi connectivity index (χ0v) is 12.5. The molecule has 1 heterocycles. The minimum absolute atomic E-state index is 0.0854. The van der Waals surface area contributed by atoms with Crippen LogP contribution in [0.3, 0.4) is 0 Å². The first kappa shape index (κ1) is 16.2. The van der Waals surface area contributed by atoms with Crippen LogP contribution in [0.1, 0.15) is 18.9 Å². The molecule has 2 N–H and O–H groups in total. The minimum Gasteiger partial charge on any atom is -0.388 e. The van der Waals surface area contributed by atoms with Crippen molar-refractivity contribution in [3.8, 4) is 0 Å². The van der Waals surface area contributed by atoms with Gasteiger partial charge in [0.1, 0.15) is 5.82 Å². The second-order valence-corrected chi connectivity index (χ2v) is 5.52. The van der Waals surface area contributed by atoms with Gasteiger partial charge in [-0.3, -0.25) is 4.79 Å². The number of ether oxygens (including phenoxy) is 2. The zero-order chi connectivity index (χ0) is 15.7. The lowest BCUT2D eigenvalue weighted by atomic mass is 9.87. The van der Waals surface area contributed by atoms with E-state index in [-0.39, 0.29) is 17.0 Å². The third-order valence-electron chi connectivity index (χ3n) is 3.48. The molecule has 0 aliphatic carbocycles. The molecule has 1 aliphatic rings. The summed E-state index contributed by atoms with van der Waals surface area (Å²) < 4.78 is 24.5. The van der Waals surface area contributed by atoms with Crippen molar-refractivity contribution < 1.29 is 23.8 Å². The van der Waals surface area contributed by atoms with Gasteiger partial charge in [-0.15, -0.1) is 0 Å². The van der Waals surface area contributed by atoms with E-state index in [1.165, 1.54) is 6.07 Å². The number of hydrogen-bond donors (Lipinski definition) is 2. The van der Waals surface area contributed by atoms with E-state index in [9.17, 15) is 14.3 Å². The van der Waals surface area contributed by atoms with Gasteiger partial charge < -0.3 is 19.9 Å². The first-order chi connectivity index (χ1) is 9.83. The summed E-state index contributed by atoms with van der Waals surface area (Å²) in [6.45, 7) is 2.37. The van der Waals surface area contributed by atoms with Crippen molar-refractivity contribution in [1.29, 1.82) is 0 Å². The molecule has 1 fully saturated rings. The highest BCUT2D eigenvalue weighted by molar-refractivity contribution is 6.31. The van der Waals surface area contributed by atoms with Gasteiger partial charge in [-0.05, 0) is 19.1 Å². The zero-order valence-electron chi connectivity index (χ0n) is 11.8. The number of aldehydes is 1. The van der Waals surface area contributed by atoms with E-state index in [1.807, 2.05) is 0 Å². The van der Waals surface area contributed by atoms with E-state index in [1.54, 1.807) is 14.0 Å². The van der Waals surface area contributed by atoms with Crippen LogP contribution in [0, 0.1) is 5.82 Å². The highest BCUT2D eigenvalue weighted by Gasteiger charge is 2.43. The molecule has 21 heavy (non-hydrogen) atoms. The summed E-state index contributed by atoms with van der Waals surface area (Å²) in [5.41, 5.74) is -1.51. The fourth-order valence-electron chi connectivity index (χ4n) is 2.46. The topological polar surface area (TPSA) is 67.8 Å². The lowest BCUT2D eigenvalue weighted by Gasteiger charge is -2.32. The molecular formula is C14H17ClFNO4. The van der Waals surface area contributed by atoms with Gasteiger partial charge in [-0.1, -0.05) is 11.6 Å². The Kier molecular flexibility index (Phi) is 4.53. The molecule has 0 bridgehead atoms. The maximum absolute atomic E-state index is 13.7. The number of halogens is 2. The summed E-state index contributed by atoms with van der Waals surface area (Å²) in [5, 5.41) is 13.4. The van der Waals surface area contributed by atoms with E-state index in [4.69, 9.17) is 21.1 Å². The van der Waals surface area contributed by atoms with Crippen LogP contribution in [0.2, 0.25) is 5.02 Å². The van der Waals surface area contributed by atoms with Gasteiger partial charge in [0.25, 0.3) is 0 Å². The molecule has 0 spiro atoms. The van der Waals surface area contributed by atoms with Crippen molar-refractivity contribution in [2.24, 2.45) is 0 Å². The monoisotopic (exact) mass is 317 g/mol. The summed E-state index contributed by atoms with van der Waals surface area (Å²) in [6, 6.07) is 2.36. The highest BCUT2D eigenvalue weighted by Crippen LogP contribution is 2.38. The fraction of sp³-hybridized carbons (Fsp3) is 0.500. The molecule has 2 rings (SSSR count). The third kappa shape index (κ3) is 3.18. The fourth-order valence-corrected chi connectivity index (χ4v) is 2.62. The second kappa shape index (κ2) is 5.88. The summed E-state index contributed by atoms with van der Waals surface area (Å²) in [5.74, 6) is -1.82. The first-order valence-electron chi connectivity index (χ1n) is 6.47. The maximum Gasteiger partial charge on any atom is 0.169 e. The van der Waals surface area contributed by atoms with Crippen LogP contribution in [0.15, 0.2) is 12.1 Å². The average molecular weight is 318 g/mol. The number of anilines is 1. The predicted octanol–water partition coefficient (Wildman–Crippen LogP) is 2.06. The Bertz CT molecular complexity index is 548. The minimum atomic E-state index is -1.96. The number of carbonyl (C=O) groups excluding carboxylic acids is 1. The highest BCUT2D eigenvalue weighted by atomic mass is 35.5. The molecule has 0 saturated carbocycles. The number of benzene rings is 1. The lowest BCUT2D eigenvalue weighted by molar-refractivity contribution is -0.183. The molecule has 5 nitrogen and oxygen atoms in total. The van der Waals surface area contributed by atoms with Crippen LogP contribution in [0.5, 0.6) is 0 Å². The average Bonchev–Trinajstić information content (AvgIpc) is 2.87. The molecular weight excluding hydrogens is 301 g/mol. The van der Waals surface area contributed by atoms with Crippen molar-refractivity contribution in [2.45, 2.75) is 24.7 Å². The molecule has 1 unspecified atom stereocenters. The Balaban J connectivity index is 2.44. The van der Waals surface area contributed by atoms with Crippen LogP contribution < -0.4 is 5.32 Å². The predicted molar refractivity (Wildman–Crippen MR) is 75.8 cm³/mol. The smallest absolute Gasteiger partial charge is 0.169 e. The lowest BCUT2D eigenvalue weighted by Crippen LogP contribution is -2.40. The van der Waals surface area contributed by atoms with E-state index in [0.717, 1.165) is 6.07 Å². The number of nitrogens with one attached hydrogen (secondary N) is 1. The molecule has 0 amide bonds. The van der Waals surface area contributed by atoms with Gasteiger partial charge in [0.2, 0.25) is 0 Å². The molecule has 1 atom stereocenters. The molecule has 1 aliphatic heterocycles. The molecule has 1 aromatic rings. The normalized spacial score (nSPS) is 20.0. The second-order valence-electron chi connectivity index (χ2n) is 5.11. The van der Waals surface area contributed by atoms with Crippen LogP contribution in [-0.2, 0) is 19.9 Å². The Morgan fingerprint density at radius 2 is 2.14 bits per heavy atom. The maximum atomic E-state index is 13.7. The van der Waals surface area contributed by atoms with E-state index < -0.39 is 17.2 Å². The largest absolute Gasteiger partial charge is 0.388 e. The van der Waals surface area contributed by atoms with Crippen LogP contribution in [0.25, 0.3) is 0 Å². The van der Waals surface area contributed by atoms with Crippen molar-refractivity contribution >= 4 is 23.6 Å². The molecule has 116 valence electrons. The van der Waals surface area contributed by atoms with Crippen LogP contribution in [-0.4, -0.2) is 37.4 Å². The SMILES string of the molecule is CNc1cc(Cl)c(F)cc1C(O)(C=O)CC1(C)OCCO1. The van der Waals surface area contributed by atoms with Crippen molar-refractivity contribution in [2.75, 3.05) is 25.6 Å². The summed E-state index contributed by atoms with van der Waals surface area (Å²) in [6.07, 6.45) is 0.200. The van der Waals surface area contributed by atoms with E-state index in [0.29, 0.717) is 25.2 Å². The Morgan fingerprint density at radius 3 is 2.67 bits per heavy atom. The van der Waals surface area contributed by atoms with E-state index in [2.05, 4.69) is 5.32 Å². The summed E-state index contributed by atoms with van der Waals surface area (Å²) in [7, 11) is 1.59. The molecule has 1 aromatic carbocycles. The first-order valence-corrected chi connectivity index (χ1v) is 6.85. The number of carbonyl (C=O) groups is 1.